The van der Waals surface area contributed by atoms with Crippen molar-refractivity contribution in [2.24, 2.45) is 0 Å². The third kappa shape index (κ3) is 5.35. The summed E-state index contributed by atoms with van der Waals surface area (Å²) in [5, 5.41) is 9.15. The van der Waals surface area contributed by atoms with Crippen molar-refractivity contribution in [3.8, 4) is 33.6 Å². The normalized spacial score (nSPS) is 11.8. The number of aryl methyl sites for hydroxylation is 2. The van der Waals surface area contributed by atoms with E-state index in [0.717, 1.165) is 98.6 Å². The molecule has 0 unspecified atom stereocenters. The van der Waals surface area contributed by atoms with Crippen LogP contribution in [0.5, 0.6) is 0 Å². The van der Waals surface area contributed by atoms with Gasteiger partial charge in [-0.2, -0.15) is 0 Å². The second-order valence-electron chi connectivity index (χ2n) is 14.2. The fourth-order valence-corrected chi connectivity index (χ4v) is 11.1. The molecule has 4 aromatic heterocycles. The summed E-state index contributed by atoms with van der Waals surface area (Å²) in [6.07, 6.45) is 7.40. The van der Waals surface area contributed by atoms with E-state index in [2.05, 4.69) is 84.5 Å². The second-order valence-corrected chi connectivity index (χ2v) is 17.0. The van der Waals surface area contributed by atoms with Crippen LogP contribution in [0.2, 0.25) is 0 Å². The summed E-state index contributed by atoms with van der Waals surface area (Å²) in [5.74, 6) is 0. The van der Waals surface area contributed by atoms with Crippen molar-refractivity contribution in [3.63, 3.8) is 0 Å². The fourth-order valence-electron chi connectivity index (χ4n) is 8.43. The molecular weight excluding hydrogens is 704 g/mol. The topological polar surface area (TPSA) is 68.6 Å². The zero-order valence-electron chi connectivity index (χ0n) is 30.9. The van der Waals surface area contributed by atoms with Crippen molar-refractivity contribution in [1.82, 2.24) is 19.9 Å². The van der Waals surface area contributed by atoms with Crippen LogP contribution in [0.3, 0.4) is 0 Å². The maximum Gasteiger partial charge on any atom is 0.171 e. The van der Waals surface area contributed by atoms with Gasteiger partial charge in [-0.05, 0) is 83.3 Å². The molecule has 4 heterocycles. The lowest BCUT2D eigenvalue weighted by molar-refractivity contribution is 0.592. The largest absolute Gasteiger partial charge is 0.309 e. The zero-order chi connectivity index (χ0) is 37.8. The Labute approximate surface area is 324 Å². The van der Waals surface area contributed by atoms with Gasteiger partial charge in [0.1, 0.15) is 0 Å². The van der Waals surface area contributed by atoms with Crippen LogP contribution in [0.1, 0.15) is 11.1 Å². The SMILES string of the molecule is Cc1c2c(-c3cccnc3)nc3cc(-c4ccc(P(=O)(c5ccccc5)c5ccccc5)cc4)ccc3c2c(C)c2c(-c3cccnc3)nc3ccccc3c12. The lowest BCUT2D eigenvalue weighted by Crippen LogP contribution is -2.24. The van der Waals surface area contributed by atoms with Gasteiger partial charge in [0.25, 0.3) is 0 Å². The molecule has 0 saturated carbocycles. The molecule has 266 valence electrons. The van der Waals surface area contributed by atoms with Crippen molar-refractivity contribution in [2.75, 3.05) is 0 Å². The smallest absolute Gasteiger partial charge is 0.171 e. The highest BCUT2D eigenvalue weighted by Gasteiger charge is 2.29. The van der Waals surface area contributed by atoms with Crippen LogP contribution in [-0.2, 0) is 4.57 Å². The molecule has 10 aromatic rings. The van der Waals surface area contributed by atoms with Crippen LogP contribution in [0.15, 0.2) is 176 Å². The maximum atomic E-state index is 15.1. The molecule has 6 heteroatoms. The Morgan fingerprint density at radius 1 is 0.411 bits per heavy atom. The molecule has 0 spiro atoms. The van der Waals surface area contributed by atoms with Crippen molar-refractivity contribution in [3.05, 3.63) is 188 Å². The van der Waals surface area contributed by atoms with Gasteiger partial charge in [-0.15, -0.1) is 0 Å². The Bertz CT molecular complexity index is 3110. The van der Waals surface area contributed by atoms with Gasteiger partial charge in [0.2, 0.25) is 0 Å². The molecule has 6 aromatic carbocycles. The van der Waals surface area contributed by atoms with Gasteiger partial charge in [0, 0.05) is 73.4 Å². The molecule has 10 rings (SSSR count). The first-order valence-electron chi connectivity index (χ1n) is 18.7. The number of hydrogen-bond acceptors (Lipinski definition) is 5. The summed E-state index contributed by atoms with van der Waals surface area (Å²) >= 11 is 0. The second kappa shape index (κ2) is 13.5. The molecule has 56 heavy (non-hydrogen) atoms. The van der Waals surface area contributed by atoms with E-state index in [4.69, 9.17) is 9.97 Å². The van der Waals surface area contributed by atoms with Crippen LogP contribution >= 0.6 is 7.14 Å². The van der Waals surface area contributed by atoms with E-state index in [9.17, 15) is 0 Å². The number of nitrogens with zero attached hydrogens (tertiary/aromatic N) is 4. The Kier molecular flexibility index (Phi) is 8.13. The highest BCUT2D eigenvalue weighted by atomic mass is 31.2. The van der Waals surface area contributed by atoms with Crippen LogP contribution in [0.25, 0.3) is 77.0 Å². The van der Waals surface area contributed by atoms with E-state index in [-0.39, 0.29) is 0 Å². The van der Waals surface area contributed by atoms with Gasteiger partial charge < -0.3 is 4.57 Å². The van der Waals surface area contributed by atoms with E-state index >= 15 is 4.57 Å². The average Bonchev–Trinajstić information content (AvgIpc) is 3.27. The number of aromatic nitrogens is 4. The zero-order valence-corrected chi connectivity index (χ0v) is 31.8. The highest BCUT2D eigenvalue weighted by molar-refractivity contribution is 7.85. The average molecular weight is 739 g/mol. The van der Waals surface area contributed by atoms with Crippen LogP contribution in [-0.4, -0.2) is 19.9 Å². The van der Waals surface area contributed by atoms with E-state index in [1.54, 1.807) is 12.4 Å². The Balaban J connectivity index is 1.22. The third-order valence-electron chi connectivity index (χ3n) is 11.1. The van der Waals surface area contributed by atoms with Crippen molar-refractivity contribution < 1.29 is 4.57 Å². The van der Waals surface area contributed by atoms with Gasteiger partial charge in [0.15, 0.2) is 7.14 Å². The predicted octanol–water partition coefficient (Wildman–Crippen LogP) is 11.1. The number of fused-ring (bicyclic) bond motifs is 6. The summed E-state index contributed by atoms with van der Waals surface area (Å²) in [4.78, 5) is 19.7. The van der Waals surface area contributed by atoms with Gasteiger partial charge >= 0.3 is 0 Å². The summed E-state index contributed by atoms with van der Waals surface area (Å²) in [6.45, 7) is 4.44. The Morgan fingerprint density at radius 2 is 0.893 bits per heavy atom. The fraction of sp³-hybridized carbons (Fsp3) is 0.0400. The van der Waals surface area contributed by atoms with Crippen LogP contribution in [0.4, 0.5) is 0 Å². The highest BCUT2D eigenvalue weighted by Crippen LogP contribution is 2.46. The first-order valence-corrected chi connectivity index (χ1v) is 20.4. The van der Waals surface area contributed by atoms with Gasteiger partial charge in [-0.1, -0.05) is 115 Å². The molecule has 0 saturated heterocycles. The molecule has 0 atom stereocenters. The minimum Gasteiger partial charge on any atom is -0.309 e. The number of pyridine rings is 4. The standard InChI is InChI=1S/C50H35N4OP/c1-32-45-41-19-9-10-20-43(41)53-49(36-13-11-27-51-30-36)47(45)33(2)46-42-26-23-35(29-44(42)54-50(48(32)46)37-14-12-28-52-31-37)34-21-24-40(25-22-34)56(55,38-15-5-3-6-16-38)39-17-7-4-8-18-39/h3-31H,1-2H3. The van der Waals surface area contributed by atoms with E-state index in [0.29, 0.717) is 0 Å². The maximum absolute atomic E-state index is 15.1. The van der Waals surface area contributed by atoms with Gasteiger partial charge in [-0.25, -0.2) is 9.97 Å². The predicted molar refractivity (Wildman–Crippen MR) is 233 cm³/mol. The van der Waals surface area contributed by atoms with Crippen LogP contribution < -0.4 is 15.9 Å². The molecule has 0 fully saturated rings. The molecule has 0 amide bonds. The molecule has 0 aliphatic carbocycles. The third-order valence-corrected chi connectivity index (χ3v) is 14.1. The quantitative estimate of drug-likeness (QED) is 0.0965. The molecule has 0 bridgehead atoms. The molecule has 0 aliphatic rings. The first-order chi connectivity index (χ1) is 27.5. The molecule has 0 aliphatic heterocycles. The molecule has 0 radical (unpaired) electrons. The van der Waals surface area contributed by atoms with E-state index < -0.39 is 7.14 Å². The molecule has 0 N–H and O–H groups in total. The number of hydrogen-bond donors (Lipinski definition) is 0. The number of benzene rings is 6. The Morgan fingerprint density at radius 3 is 1.45 bits per heavy atom. The molecule has 5 nitrogen and oxygen atoms in total. The van der Waals surface area contributed by atoms with Crippen LogP contribution in [0, 0.1) is 13.8 Å². The summed E-state index contributed by atoms with van der Waals surface area (Å²) in [5.41, 5.74) is 9.92. The Hall–Kier alpha value is -6.81. The molecular formula is C50H35N4OP. The van der Waals surface area contributed by atoms with Gasteiger partial charge in [-0.3, -0.25) is 9.97 Å². The minimum absolute atomic E-state index is 0.797. The van der Waals surface area contributed by atoms with E-state index in [1.165, 1.54) is 5.39 Å². The first kappa shape index (κ1) is 33.7. The van der Waals surface area contributed by atoms with Crippen molar-refractivity contribution in [1.29, 1.82) is 0 Å². The summed E-state index contributed by atoms with van der Waals surface area (Å²) in [7, 11) is -3.10. The summed E-state index contributed by atoms with van der Waals surface area (Å²) < 4.78 is 15.1. The lowest BCUT2D eigenvalue weighted by Gasteiger charge is -2.21. The lowest BCUT2D eigenvalue weighted by atomic mass is 9.86. The monoisotopic (exact) mass is 738 g/mol. The number of rotatable bonds is 6. The van der Waals surface area contributed by atoms with E-state index in [1.807, 2.05) is 103 Å². The van der Waals surface area contributed by atoms with Crippen molar-refractivity contribution in [2.45, 2.75) is 13.8 Å². The van der Waals surface area contributed by atoms with Gasteiger partial charge in [0.05, 0.1) is 22.4 Å². The minimum atomic E-state index is -3.10. The number of para-hydroxylation sites is 1. The summed E-state index contributed by atoms with van der Waals surface area (Å²) in [6, 6.07) is 50.9. The van der Waals surface area contributed by atoms with Crippen molar-refractivity contribution >= 4 is 66.4 Å².